The Morgan fingerprint density at radius 3 is 2.80 bits per heavy atom. The summed E-state index contributed by atoms with van der Waals surface area (Å²) < 4.78 is 5.28. The van der Waals surface area contributed by atoms with Crippen LogP contribution in [0.25, 0.3) is 0 Å². The molecular formula is C12H15NO2. The van der Waals surface area contributed by atoms with Crippen LogP contribution in [0.5, 0.6) is 0 Å². The van der Waals surface area contributed by atoms with Crippen LogP contribution in [-0.2, 0) is 0 Å². The first-order chi connectivity index (χ1) is 7.19. The van der Waals surface area contributed by atoms with Gasteiger partial charge in [0.2, 0.25) is 5.78 Å². The standard InChI is InChI=1S/C12H15NO2/c1-3-10(5-4-8-13)12(14)11-7-6-9(2)15-11/h6-7,10H,3-5H2,1-2H3. The van der Waals surface area contributed by atoms with Gasteiger partial charge in [0.05, 0.1) is 6.07 Å². The van der Waals surface area contributed by atoms with E-state index < -0.39 is 0 Å². The molecule has 3 heteroatoms. The third-order valence-corrected chi connectivity index (χ3v) is 2.45. The van der Waals surface area contributed by atoms with Gasteiger partial charge >= 0.3 is 0 Å². The molecule has 1 unspecified atom stereocenters. The second-order valence-corrected chi connectivity index (χ2v) is 3.58. The van der Waals surface area contributed by atoms with Gasteiger partial charge in [-0.25, -0.2) is 0 Å². The van der Waals surface area contributed by atoms with Gasteiger partial charge < -0.3 is 4.42 Å². The van der Waals surface area contributed by atoms with E-state index in [0.29, 0.717) is 18.6 Å². The van der Waals surface area contributed by atoms with Crippen molar-refractivity contribution in [1.82, 2.24) is 0 Å². The summed E-state index contributed by atoms with van der Waals surface area (Å²) in [7, 11) is 0. The molecule has 0 saturated heterocycles. The summed E-state index contributed by atoms with van der Waals surface area (Å²) in [5.74, 6) is 1.09. The van der Waals surface area contributed by atoms with Crippen molar-refractivity contribution in [1.29, 1.82) is 5.26 Å². The van der Waals surface area contributed by atoms with Crippen LogP contribution < -0.4 is 0 Å². The number of hydrogen-bond donors (Lipinski definition) is 0. The number of nitriles is 1. The molecule has 1 rings (SSSR count). The molecular weight excluding hydrogens is 190 g/mol. The zero-order chi connectivity index (χ0) is 11.3. The van der Waals surface area contributed by atoms with Gasteiger partial charge in [0.25, 0.3) is 0 Å². The maximum atomic E-state index is 11.9. The lowest BCUT2D eigenvalue weighted by Crippen LogP contribution is -2.13. The Kier molecular flexibility index (Phi) is 4.11. The van der Waals surface area contributed by atoms with Crippen LogP contribution >= 0.6 is 0 Å². The van der Waals surface area contributed by atoms with Crippen LogP contribution in [0, 0.1) is 24.2 Å². The van der Waals surface area contributed by atoms with E-state index >= 15 is 0 Å². The molecule has 80 valence electrons. The van der Waals surface area contributed by atoms with Crippen molar-refractivity contribution in [3.8, 4) is 6.07 Å². The number of carbonyl (C=O) groups is 1. The lowest BCUT2D eigenvalue weighted by Gasteiger charge is -2.09. The summed E-state index contributed by atoms with van der Waals surface area (Å²) >= 11 is 0. The number of carbonyl (C=O) groups excluding carboxylic acids is 1. The fraction of sp³-hybridized carbons (Fsp3) is 0.500. The minimum atomic E-state index is -0.0878. The Morgan fingerprint density at radius 1 is 1.60 bits per heavy atom. The highest BCUT2D eigenvalue weighted by atomic mass is 16.3. The van der Waals surface area contributed by atoms with Crippen molar-refractivity contribution >= 4 is 5.78 Å². The molecule has 0 aromatic carbocycles. The molecule has 0 amide bonds. The zero-order valence-corrected chi connectivity index (χ0v) is 9.12. The number of rotatable bonds is 5. The number of hydrogen-bond acceptors (Lipinski definition) is 3. The molecule has 1 heterocycles. The average Bonchev–Trinajstić information content (AvgIpc) is 2.65. The number of nitrogens with zero attached hydrogens (tertiary/aromatic N) is 1. The number of aryl methyl sites for hydroxylation is 1. The Morgan fingerprint density at radius 2 is 2.33 bits per heavy atom. The summed E-state index contributed by atoms with van der Waals surface area (Å²) in [6.45, 7) is 3.77. The number of Topliss-reactive ketones (excluding diaryl/α,β-unsaturated/α-hetero) is 1. The van der Waals surface area contributed by atoms with Gasteiger partial charge in [-0.15, -0.1) is 0 Å². The summed E-state index contributed by atoms with van der Waals surface area (Å²) in [5.41, 5.74) is 0. The second-order valence-electron chi connectivity index (χ2n) is 3.58. The van der Waals surface area contributed by atoms with Gasteiger partial charge in [0.15, 0.2) is 5.76 Å². The fourth-order valence-corrected chi connectivity index (χ4v) is 1.53. The van der Waals surface area contributed by atoms with Gasteiger partial charge in [-0.05, 0) is 31.9 Å². The summed E-state index contributed by atoms with van der Waals surface area (Å²) in [6.07, 6.45) is 1.79. The van der Waals surface area contributed by atoms with E-state index in [1.54, 1.807) is 12.1 Å². The first-order valence-corrected chi connectivity index (χ1v) is 5.16. The van der Waals surface area contributed by atoms with E-state index in [-0.39, 0.29) is 11.7 Å². The fourth-order valence-electron chi connectivity index (χ4n) is 1.53. The van der Waals surface area contributed by atoms with Crippen molar-refractivity contribution < 1.29 is 9.21 Å². The highest BCUT2D eigenvalue weighted by Crippen LogP contribution is 2.19. The first kappa shape index (κ1) is 11.5. The Bertz CT molecular complexity index is 373. The molecule has 0 aliphatic heterocycles. The smallest absolute Gasteiger partial charge is 0.201 e. The lowest BCUT2D eigenvalue weighted by molar-refractivity contribution is 0.0881. The average molecular weight is 205 g/mol. The SMILES string of the molecule is CCC(CCC#N)C(=O)c1ccc(C)o1. The molecule has 0 saturated carbocycles. The van der Waals surface area contributed by atoms with Crippen LogP contribution in [0.1, 0.15) is 42.5 Å². The van der Waals surface area contributed by atoms with Crippen molar-refractivity contribution in [2.45, 2.75) is 33.1 Å². The maximum Gasteiger partial charge on any atom is 0.201 e. The van der Waals surface area contributed by atoms with Crippen molar-refractivity contribution in [3.05, 3.63) is 23.7 Å². The zero-order valence-electron chi connectivity index (χ0n) is 9.12. The quantitative estimate of drug-likeness (QED) is 0.694. The van der Waals surface area contributed by atoms with Gasteiger partial charge in [-0.3, -0.25) is 4.79 Å². The van der Waals surface area contributed by atoms with Crippen molar-refractivity contribution in [2.24, 2.45) is 5.92 Å². The topological polar surface area (TPSA) is 54.0 Å². The van der Waals surface area contributed by atoms with E-state index in [2.05, 4.69) is 6.07 Å². The lowest BCUT2D eigenvalue weighted by atomic mass is 9.94. The van der Waals surface area contributed by atoms with Crippen LogP contribution in [0.4, 0.5) is 0 Å². The van der Waals surface area contributed by atoms with Gasteiger partial charge in [-0.1, -0.05) is 6.92 Å². The summed E-state index contributed by atoms with van der Waals surface area (Å²) in [5, 5.41) is 8.48. The maximum absolute atomic E-state index is 11.9. The molecule has 3 nitrogen and oxygen atoms in total. The molecule has 0 bridgehead atoms. The van der Waals surface area contributed by atoms with E-state index in [1.165, 1.54) is 0 Å². The molecule has 1 aromatic rings. The van der Waals surface area contributed by atoms with E-state index in [1.807, 2.05) is 13.8 Å². The van der Waals surface area contributed by atoms with E-state index in [9.17, 15) is 4.79 Å². The molecule has 0 aliphatic rings. The third kappa shape index (κ3) is 2.95. The van der Waals surface area contributed by atoms with E-state index in [0.717, 1.165) is 12.2 Å². The number of ketones is 1. The predicted molar refractivity (Wildman–Crippen MR) is 56.4 cm³/mol. The van der Waals surface area contributed by atoms with Crippen LogP contribution in [-0.4, -0.2) is 5.78 Å². The second kappa shape index (κ2) is 5.35. The molecule has 15 heavy (non-hydrogen) atoms. The number of furan rings is 1. The highest BCUT2D eigenvalue weighted by Gasteiger charge is 2.20. The van der Waals surface area contributed by atoms with Crippen LogP contribution in [0.2, 0.25) is 0 Å². The minimum absolute atomic E-state index is 0.0147. The van der Waals surface area contributed by atoms with Crippen molar-refractivity contribution in [3.63, 3.8) is 0 Å². The van der Waals surface area contributed by atoms with Crippen LogP contribution in [0.3, 0.4) is 0 Å². The Balaban J connectivity index is 2.69. The Labute approximate surface area is 89.7 Å². The van der Waals surface area contributed by atoms with Crippen molar-refractivity contribution in [2.75, 3.05) is 0 Å². The summed E-state index contributed by atoms with van der Waals surface area (Å²) in [6, 6.07) is 5.54. The molecule has 0 aliphatic carbocycles. The largest absolute Gasteiger partial charge is 0.458 e. The summed E-state index contributed by atoms with van der Waals surface area (Å²) in [4.78, 5) is 11.9. The molecule has 0 N–H and O–H groups in total. The van der Waals surface area contributed by atoms with Gasteiger partial charge in [0, 0.05) is 12.3 Å². The molecule has 0 radical (unpaired) electrons. The molecule has 0 spiro atoms. The minimum Gasteiger partial charge on any atom is -0.458 e. The predicted octanol–water partition coefficient (Wildman–Crippen LogP) is 3.10. The normalized spacial score (nSPS) is 12.1. The highest BCUT2D eigenvalue weighted by molar-refractivity contribution is 5.95. The van der Waals surface area contributed by atoms with E-state index in [4.69, 9.17) is 9.68 Å². The van der Waals surface area contributed by atoms with Crippen LogP contribution in [0.15, 0.2) is 16.5 Å². The van der Waals surface area contributed by atoms with Gasteiger partial charge in [0.1, 0.15) is 5.76 Å². The third-order valence-electron chi connectivity index (χ3n) is 2.45. The Hall–Kier alpha value is -1.56. The molecule has 1 atom stereocenters. The molecule has 0 fully saturated rings. The van der Waals surface area contributed by atoms with Gasteiger partial charge in [-0.2, -0.15) is 5.26 Å². The monoisotopic (exact) mass is 205 g/mol. The molecule has 1 aromatic heterocycles. The first-order valence-electron chi connectivity index (χ1n) is 5.16.